The Bertz CT molecular complexity index is 487. The van der Waals surface area contributed by atoms with Gasteiger partial charge in [-0.1, -0.05) is 6.07 Å². The van der Waals surface area contributed by atoms with Crippen molar-refractivity contribution in [1.29, 1.82) is 5.26 Å². The first-order chi connectivity index (χ1) is 9.11. The lowest BCUT2D eigenvalue weighted by molar-refractivity contribution is -0.132. The molecule has 100 valence electrons. The SMILES string of the molecule is N#CC1CC(F)CN1C(=O)[C@@H](N)Cc1cccnc1. The van der Waals surface area contributed by atoms with Crippen molar-refractivity contribution in [2.45, 2.75) is 31.1 Å². The zero-order valence-corrected chi connectivity index (χ0v) is 10.4. The Morgan fingerprint density at radius 2 is 2.53 bits per heavy atom. The van der Waals surface area contributed by atoms with Crippen LogP contribution in [0, 0.1) is 11.3 Å². The minimum absolute atomic E-state index is 0.0438. The second kappa shape index (κ2) is 5.76. The highest BCUT2D eigenvalue weighted by atomic mass is 19.1. The van der Waals surface area contributed by atoms with Crippen LogP contribution in [0.3, 0.4) is 0 Å². The molecular weight excluding hydrogens is 247 g/mol. The topological polar surface area (TPSA) is 83.0 Å². The van der Waals surface area contributed by atoms with E-state index in [0.29, 0.717) is 6.42 Å². The first-order valence-electron chi connectivity index (χ1n) is 6.10. The first-order valence-corrected chi connectivity index (χ1v) is 6.10. The van der Waals surface area contributed by atoms with Gasteiger partial charge in [0.05, 0.1) is 18.7 Å². The predicted molar refractivity (Wildman–Crippen MR) is 66.5 cm³/mol. The van der Waals surface area contributed by atoms with Crippen LogP contribution in [-0.2, 0) is 11.2 Å². The number of hydrogen-bond acceptors (Lipinski definition) is 4. The van der Waals surface area contributed by atoms with Gasteiger partial charge in [0, 0.05) is 18.8 Å². The molecule has 1 aromatic heterocycles. The summed E-state index contributed by atoms with van der Waals surface area (Å²) in [4.78, 5) is 17.3. The molecule has 2 unspecified atom stereocenters. The van der Waals surface area contributed by atoms with Crippen molar-refractivity contribution in [3.8, 4) is 6.07 Å². The molecule has 1 aliphatic rings. The maximum absolute atomic E-state index is 13.3. The van der Waals surface area contributed by atoms with Crippen LogP contribution in [-0.4, -0.2) is 40.6 Å². The molecule has 0 saturated carbocycles. The van der Waals surface area contributed by atoms with E-state index >= 15 is 0 Å². The van der Waals surface area contributed by atoms with Crippen LogP contribution >= 0.6 is 0 Å². The van der Waals surface area contributed by atoms with Crippen LogP contribution in [0.25, 0.3) is 0 Å². The summed E-state index contributed by atoms with van der Waals surface area (Å²) < 4.78 is 13.3. The van der Waals surface area contributed by atoms with Gasteiger partial charge in [0.15, 0.2) is 0 Å². The van der Waals surface area contributed by atoms with Crippen molar-refractivity contribution >= 4 is 5.91 Å². The zero-order chi connectivity index (χ0) is 13.8. The largest absolute Gasteiger partial charge is 0.322 e. The van der Waals surface area contributed by atoms with E-state index in [1.54, 1.807) is 18.5 Å². The zero-order valence-electron chi connectivity index (χ0n) is 10.4. The quantitative estimate of drug-likeness (QED) is 0.855. The summed E-state index contributed by atoms with van der Waals surface area (Å²) >= 11 is 0. The van der Waals surface area contributed by atoms with E-state index in [4.69, 9.17) is 11.0 Å². The van der Waals surface area contributed by atoms with E-state index in [-0.39, 0.29) is 18.9 Å². The Kier molecular flexibility index (Phi) is 4.07. The van der Waals surface area contributed by atoms with Crippen molar-refractivity contribution < 1.29 is 9.18 Å². The van der Waals surface area contributed by atoms with E-state index in [1.807, 2.05) is 12.1 Å². The number of halogens is 1. The first kappa shape index (κ1) is 13.4. The van der Waals surface area contributed by atoms with Crippen LogP contribution < -0.4 is 5.73 Å². The van der Waals surface area contributed by atoms with Gasteiger partial charge in [0.2, 0.25) is 5.91 Å². The molecule has 6 heteroatoms. The molecule has 0 spiro atoms. The second-order valence-corrected chi connectivity index (χ2v) is 4.64. The third kappa shape index (κ3) is 3.06. The van der Waals surface area contributed by atoms with Crippen LogP contribution in [0.2, 0.25) is 0 Å². The van der Waals surface area contributed by atoms with E-state index in [9.17, 15) is 9.18 Å². The number of rotatable bonds is 3. The van der Waals surface area contributed by atoms with Crippen LogP contribution in [0.4, 0.5) is 4.39 Å². The second-order valence-electron chi connectivity index (χ2n) is 4.64. The molecule has 19 heavy (non-hydrogen) atoms. The minimum Gasteiger partial charge on any atom is -0.322 e. The molecule has 1 saturated heterocycles. The number of likely N-dealkylation sites (tertiary alicyclic amines) is 1. The summed E-state index contributed by atoms with van der Waals surface area (Å²) in [6.07, 6.45) is 2.53. The van der Waals surface area contributed by atoms with Crippen molar-refractivity contribution in [2.75, 3.05) is 6.54 Å². The number of carbonyl (C=O) groups excluding carboxylic acids is 1. The van der Waals surface area contributed by atoms with E-state index in [2.05, 4.69) is 4.98 Å². The van der Waals surface area contributed by atoms with Crippen LogP contribution in [0.1, 0.15) is 12.0 Å². The molecule has 2 N–H and O–H groups in total. The van der Waals surface area contributed by atoms with E-state index in [1.165, 1.54) is 4.90 Å². The summed E-state index contributed by atoms with van der Waals surface area (Å²) in [6.45, 7) is -0.0438. The summed E-state index contributed by atoms with van der Waals surface area (Å²) in [5.41, 5.74) is 6.68. The molecule has 3 atom stereocenters. The van der Waals surface area contributed by atoms with Gasteiger partial charge >= 0.3 is 0 Å². The molecule has 0 radical (unpaired) electrons. The number of carbonyl (C=O) groups is 1. The lowest BCUT2D eigenvalue weighted by atomic mass is 10.1. The van der Waals surface area contributed by atoms with Crippen LogP contribution in [0.15, 0.2) is 24.5 Å². The third-order valence-corrected chi connectivity index (χ3v) is 3.18. The fourth-order valence-corrected chi connectivity index (χ4v) is 2.22. The normalized spacial score (nSPS) is 23.9. The van der Waals surface area contributed by atoms with Gasteiger partial charge in [-0.3, -0.25) is 9.78 Å². The molecule has 0 aliphatic carbocycles. The Hall–Kier alpha value is -2.00. The number of nitrogens with zero attached hydrogens (tertiary/aromatic N) is 3. The average molecular weight is 262 g/mol. The molecule has 1 aliphatic heterocycles. The Labute approximate surface area is 110 Å². The molecule has 0 aromatic carbocycles. The lowest BCUT2D eigenvalue weighted by Gasteiger charge is -2.23. The van der Waals surface area contributed by atoms with Crippen LogP contribution in [0.5, 0.6) is 0 Å². The fourth-order valence-electron chi connectivity index (χ4n) is 2.22. The molecule has 1 amide bonds. The average Bonchev–Trinajstić information content (AvgIpc) is 2.80. The minimum atomic E-state index is -1.14. The number of pyridine rings is 1. The summed E-state index contributed by atoms with van der Waals surface area (Å²) in [6, 6.07) is 4.05. The number of hydrogen-bond donors (Lipinski definition) is 1. The van der Waals surface area contributed by atoms with Gasteiger partial charge in [-0.2, -0.15) is 5.26 Å². The van der Waals surface area contributed by atoms with Crippen molar-refractivity contribution in [3.63, 3.8) is 0 Å². The van der Waals surface area contributed by atoms with Gasteiger partial charge in [-0.15, -0.1) is 0 Å². The van der Waals surface area contributed by atoms with Gasteiger partial charge in [0.25, 0.3) is 0 Å². The predicted octanol–water partition coefficient (Wildman–Crippen LogP) is 0.414. The van der Waals surface area contributed by atoms with E-state index < -0.39 is 18.3 Å². The monoisotopic (exact) mass is 262 g/mol. The Balaban J connectivity index is 2.01. The van der Waals surface area contributed by atoms with Gasteiger partial charge in [-0.05, 0) is 18.1 Å². The summed E-state index contributed by atoms with van der Waals surface area (Å²) in [5, 5.41) is 8.91. The standard InChI is InChI=1S/C13H15FN4O/c14-10-5-11(6-15)18(8-10)13(19)12(16)4-9-2-1-3-17-7-9/h1-3,7,10-12H,4-5,8,16H2/t10?,11?,12-/m0/s1. The summed E-state index contributed by atoms with van der Waals surface area (Å²) in [5.74, 6) is -0.379. The third-order valence-electron chi connectivity index (χ3n) is 3.18. The van der Waals surface area contributed by atoms with E-state index in [0.717, 1.165) is 5.56 Å². The number of amides is 1. The Morgan fingerprint density at radius 1 is 1.74 bits per heavy atom. The fraction of sp³-hybridized carbons (Fsp3) is 0.462. The highest BCUT2D eigenvalue weighted by Crippen LogP contribution is 2.21. The maximum Gasteiger partial charge on any atom is 0.241 e. The van der Waals surface area contributed by atoms with Gasteiger partial charge in [-0.25, -0.2) is 4.39 Å². The molecule has 0 bridgehead atoms. The van der Waals surface area contributed by atoms with Gasteiger partial charge in [0.1, 0.15) is 12.2 Å². The highest BCUT2D eigenvalue weighted by Gasteiger charge is 2.37. The summed E-state index contributed by atoms with van der Waals surface area (Å²) in [7, 11) is 0. The Morgan fingerprint density at radius 3 is 3.16 bits per heavy atom. The number of alkyl halides is 1. The lowest BCUT2D eigenvalue weighted by Crippen LogP contribution is -2.46. The molecular formula is C13H15FN4O. The number of aromatic nitrogens is 1. The molecule has 2 rings (SSSR count). The molecule has 2 heterocycles. The molecule has 1 fully saturated rings. The van der Waals surface area contributed by atoms with Crippen molar-refractivity contribution in [2.24, 2.45) is 5.73 Å². The van der Waals surface area contributed by atoms with Crippen molar-refractivity contribution in [1.82, 2.24) is 9.88 Å². The number of nitrogens with two attached hydrogens (primary N) is 1. The van der Waals surface area contributed by atoms with Crippen molar-refractivity contribution in [3.05, 3.63) is 30.1 Å². The molecule has 5 nitrogen and oxygen atoms in total. The smallest absolute Gasteiger partial charge is 0.241 e. The maximum atomic E-state index is 13.3. The molecule has 1 aromatic rings. The highest BCUT2D eigenvalue weighted by molar-refractivity contribution is 5.83. The van der Waals surface area contributed by atoms with Gasteiger partial charge < -0.3 is 10.6 Å². The number of nitriles is 1.